The molecule has 22 heteroatoms. The molecule has 3 aromatic rings. The van der Waals surface area contributed by atoms with Gasteiger partial charge in [0.2, 0.25) is 0 Å². The van der Waals surface area contributed by atoms with Crippen molar-refractivity contribution in [2.24, 2.45) is 0 Å². The smallest absolute Gasteiger partial charge is 0.490 e. The summed E-state index contributed by atoms with van der Waals surface area (Å²) < 4.78 is 69.9. The number of ether oxygens (including phenoxy) is 3. The molecule has 18 nitrogen and oxygen atoms in total. The molecule has 258 valence electrons. The van der Waals surface area contributed by atoms with Crippen molar-refractivity contribution in [3.05, 3.63) is 86.5 Å². The van der Waals surface area contributed by atoms with Gasteiger partial charge < -0.3 is 39.1 Å². The number of aliphatic hydroxyl groups excluding tert-OH is 2. The standard InChI is InChI=1S/C25H31N2O16P3S/c1-37-16-8-4-14(5-9-16)20(15-6-10-17(38-2)11-7-15)18-12-27(25(30)26-23(18)47)24-22(29)21(28)19(41-24)13-40-46(36,39-3)43-45(34,35)42-44(31,32)33/h4-12,19-22,24,28-29H,13H2,1-3H3,(H,34,35)(H,26,30,47)(H2,31,32,33)/t19-,21-,22-,24-,46?/m1/s1. The highest BCUT2D eigenvalue weighted by molar-refractivity contribution is 7.71. The summed E-state index contributed by atoms with van der Waals surface area (Å²) in [6.45, 7) is -0.930. The average molecular weight is 741 g/mol. The molecule has 0 bridgehead atoms. The predicted octanol–water partition coefficient (Wildman–Crippen LogP) is 2.72. The largest absolute Gasteiger partial charge is 0.497 e. The number of benzene rings is 2. The quantitative estimate of drug-likeness (QED) is 0.103. The van der Waals surface area contributed by atoms with Gasteiger partial charge in [0.15, 0.2) is 6.23 Å². The molecule has 0 spiro atoms. The number of hydrogen-bond acceptors (Lipinski definition) is 14. The molecule has 0 aliphatic carbocycles. The molecule has 0 amide bonds. The fourth-order valence-corrected chi connectivity index (χ4v) is 8.31. The summed E-state index contributed by atoms with van der Waals surface area (Å²) in [5, 5.41) is 21.6. The third-order valence-electron chi connectivity index (χ3n) is 6.85. The Morgan fingerprint density at radius 2 is 1.43 bits per heavy atom. The second kappa shape index (κ2) is 14.9. The summed E-state index contributed by atoms with van der Waals surface area (Å²) in [5.41, 5.74) is 1.08. The molecule has 6 N–H and O–H groups in total. The SMILES string of the molecule is COc1ccc(C(c2ccc(OC)cc2)c2cn([C@@H]3O[C@H](COP(=O)(OC)OP(=O)(O)OP(=O)(O)O)[C@@H](O)[C@H]3O)c(=O)[nH]c2=S)cc1. The molecule has 0 saturated carbocycles. The van der Waals surface area contributed by atoms with E-state index >= 15 is 0 Å². The van der Waals surface area contributed by atoms with Crippen molar-refractivity contribution in [3.8, 4) is 11.5 Å². The number of hydrogen-bond donors (Lipinski definition) is 6. The van der Waals surface area contributed by atoms with Crippen molar-refractivity contribution >= 4 is 35.7 Å². The molecule has 2 heterocycles. The highest BCUT2D eigenvalue weighted by Gasteiger charge is 2.47. The van der Waals surface area contributed by atoms with Gasteiger partial charge in [0.25, 0.3) is 0 Å². The third-order valence-corrected chi connectivity index (χ3v) is 11.4. The highest BCUT2D eigenvalue weighted by Crippen LogP contribution is 2.68. The van der Waals surface area contributed by atoms with Crippen LogP contribution in [-0.2, 0) is 36.1 Å². The van der Waals surface area contributed by atoms with Crippen molar-refractivity contribution in [1.29, 1.82) is 0 Å². The number of methoxy groups -OCH3 is 2. The van der Waals surface area contributed by atoms with Crippen LogP contribution in [0.2, 0.25) is 0 Å². The maximum absolute atomic E-state index is 13.1. The van der Waals surface area contributed by atoms with Gasteiger partial charge in [0.1, 0.15) is 34.5 Å². The van der Waals surface area contributed by atoms with Crippen LogP contribution >= 0.6 is 35.7 Å². The Hall–Kier alpha value is -2.57. The summed E-state index contributed by atoms with van der Waals surface area (Å²) in [6.07, 6.45) is -5.30. The lowest BCUT2D eigenvalue weighted by molar-refractivity contribution is -0.0547. The van der Waals surface area contributed by atoms with Gasteiger partial charge >= 0.3 is 29.2 Å². The topological polar surface area (TPSA) is 255 Å². The number of aromatic nitrogens is 2. The van der Waals surface area contributed by atoms with E-state index in [9.17, 15) is 33.6 Å². The predicted molar refractivity (Wildman–Crippen MR) is 163 cm³/mol. The Kier molecular flexibility index (Phi) is 11.8. The van der Waals surface area contributed by atoms with Crippen LogP contribution < -0.4 is 15.2 Å². The van der Waals surface area contributed by atoms with Crippen molar-refractivity contribution in [2.75, 3.05) is 27.9 Å². The maximum atomic E-state index is 13.1. The number of aromatic amines is 1. The van der Waals surface area contributed by atoms with Crippen molar-refractivity contribution in [1.82, 2.24) is 9.55 Å². The maximum Gasteiger partial charge on any atom is 0.490 e. The van der Waals surface area contributed by atoms with Gasteiger partial charge in [-0.2, -0.15) is 8.62 Å². The summed E-state index contributed by atoms with van der Waals surface area (Å²) in [6, 6.07) is 14.2. The van der Waals surface area contributed by atoms with E-state index in [4.69, 9.17) is 40.7 Å². The van der Waals surface area contributed by atoms with E-state index in [1.807, 2.05) is 24.3 Å². The number of H-pyrrole nitrogens is 1. The van der Waals surface area contributed by atoms with Gasteiger partial charge in [-0.3, -0.25) is 18.6 Å². The van der Waals surface area contributed by atoms with Crippen LogP contribution in [0.4, 0.5) is 0 Å². The Labute approximate surface area is 271 Å². The molecular formula is C25H31N2O16P3S. The van der Waals surface area contributed by atoms with Gasteiger partial charge in [-0.15, -0.1) is 0 Å². The number of phosphoric ester groups is 1. The van der Waals surface area contributed by atoms with E-state index in [1.165, 1.54) is 20.4 Å². The minimum Gasteiger partial charge on any atom is -0.497 e. The minimum absolute atomic E-state index is 0.0694. The summed E-state index contributed by atoms with van der Waals surface area (Å²) in [7, 11) is -12.6. The van der Waals surface area contributed by atoms with Crippen LogP contribution in [-0.4, -0.2) is 80.7 Å². The normalized spacial score (nSPS) is 22.5. The molecule has 2 aromatic carbocycles. The molecule has 47 heavy (non-hydrogen) atoms. The van der Waals surface area contributed by atoms with E-state index in [-0.39, 0.29) is 4.64 Å². The first-order valence-corrected chi connectivity index (χ1v) is 18.2. The average Bonchev–Trinajstić information content (AvgIpc) is 3.29. The number of nitrogens with zero attached hydrogens (tertiary/aromatic N) is 1. The molecule has 1 fully saturated rings. The molecule has 1 aliphatic rings. The minimum atomic E-state index is -5.69. The van der Waals surface area contributed by atoms with Crippen molar-refractivity contribution in [2.45, 2.75) is 30.5 Å². The Morgan fingerprint density at radius 1 is 0.894 bits per heavy atom. The van der Waals surface area contributed by atoms with Crippen LogP contribution in [0.3, 0.4) is 0 Å². The Balaban J connectivity index is 1.65. The van der Waals surface area contributed by atoms with E-state index in [0.29, 0.717) is 17.1 Å². The molecule has 2 unspecified atom stereocenters. The van der Waals surface area contributed by atoms with E-state index in [0.717, 1.165) is 22.8 Å². The molecule has 0 radical (unpaired) electrons. The Bertz CT molecular complexity index is 1760. The summed E-state index contributed by atoms with van der Waals surface area (Å²) in [4.78, 5) is 42.8. The monoisotopic (exact) mass is 740 g/mol. The van der Waals surface area contributed by atoms with E-state index < -0.39 is 66.2 Å². The van der Waals surface area contributed by atoms with Crippen LogP contribution in [0, 0.1) is 4.64 Å². The summed E-state index contributed by atoms with van der Waals surface area (Å²) in [5.74, 6) is 0.627. The fraction of sp³-hybridized carbons (Fsp3) is 0.360. The molecule has 1 aliphatic heterocycles. The lowest BCUT2D eigenvalue weighted by Gasteiger charge is -2.23. The highest BCUT2D eigenvalue weighted by atomic mass is 32.1. The molecule has 1 aromatic heterocycles. The number of rotatable bonds is 14. The lowest BCUT2D eigenvalue weighted by atomic mass is 9.86. The first kappa shape index (κ1) is 37.3. The van der Waals surface area contributed by atoms with Gasteiger partial charge in [0, 0.05) is 24.8 Å². The van der Waals surface area contributed by atoms with Crippen molar-refractivity contribution in [3.63, 3.8) is 0 Å². The second-order valence-corrected chi connectivity index (χ2v) is 15.0. The zero-order valence-electron chi connectivity index (χ0n) is 24.7. The number of phosphoric acid groups is 3. The fourth-order valence-electron chi connectivity index (χ4n) is 4.69. The molecular weight excluding hydrogens is 709 g/mol. The molecule has 6 atom stereocenters. The van der Waals surface area contributed by atoms with Gasteiger partial charge in [-0.25, -0.2) is 18.5 Å². The third kappa shape index (κ3) is 9.12. The second-order valence-electron chi connectivity index (χ2n) is 9.82. The lowest BCUT2D eigenvalue weighted by Crippen LogP contribution is -2.36. The van der Waals surface area contributed by atoms with Crippen LogP contribution in [0.1, 0.15) is 28.8 Å². The van der Waals surface area contributed by atoms with E-state index in [1.54, 1.807) is 24.3 Å². The summed E-state index contributed by atoms with van der Waals surface area (Å²) >= 11 is 5.54. The van der Waals surface area contributed by atoms with Gasteiger partial charge in [-0.05, 0) is 35.4 Å². The van der Waals surface area contributed by atoms with Gasteiger partial charge in [-0.1, -0.05) is 36.5 Å². The van der Waals surface area contributed by atoms with Crippen LogP contribution in [0.25, 0.3) is 0 Å². The van der Waals surface area contributed by atoms with Gasteiger partial charge in [0.05, 0.1) is 20.8 Å². The first-order chi connectivity index (χ1) is 22.0. The van der Waals surface area contributed by atoms with Crippen LogP contribution in [0.5, 0.6) is 11.5 Å². The van der Waals surface area contributed by atoms with Crippen LogP contribution in [0.15, 0.2) is 59.5 Å². The Morgan fingerprint density at radius 3 is 1.89 bits per heavy atom. The number of aliphatic hydroxyl groups is 2. The van der Waals surface area contributed by atoms with E-state index in [2.05, 4.69) is 18.1 Å². The first-order valence-electron chi connectivity index (χ1n) is 13.3. The molecule has 1 saturated heterocycles. The number of nitrogens with one attached hydrogen (secondary N) is 1. The van der Waals surface area contributed by atoms with Crippen molar-refractivity contribution < 1.29 is 70.5 Å². The molecule has 4 rings (SSSR count). The zero-order valence-corrected chi connectivity index (χ0v) is 28.2. The zero-order chi connectivity index (χ0) is 34.7.